The van der Waals surface area contributed by atoms with Gasteiger partial charge in [-0.25, -0.2) is 4.79 Å². The van der Waals surface area contributed by atoms with E-state index in [0.29, 0.717) is 11.4 Å². The molecule has 0 spiro atoms. The fourth-order valence-electron chi connectivity index (χ4n) is 1.87. The van der Waals surface area contributed by atoms with E-state index in [0.717, 1.165) is 18.4 Å². The Hall–Kier alpha value is -1.55. The van der Waals surface area contributed by atoms with Crippen LogP contribution in [0.3, 0.4) is 0 Å². The molecule has 1 aromatic carbocycles. The Balaban J connectivity index is 2.04. The zero-order chi connectivity index (χ0) is 13.8. The Labute approximate surface area is 117 Å². The first-order chi connectivity index (χ1) is 9.10. The maximum atomic E-state index is 11.7. The second-order valence-corrected chi connectivity index (χ2v) is 5.13. The predicted molar refractivity (Wildman–Crippen MR) is 71.8 cm³/mol. The zero-order valence-electron chi connectivity index (χ0n) is 10.7. The van der Waals surface area contributed by atoms with Crippen molar-refractivity contribution in [2.75, 3.05) is 7.11 Å². The smallest absolute Gasteiger partial charge is 0.328 e. The Morgan fingerprint density at radius 1 is 1.47 bits per heavy atom. The number of hydrogen-bond acceptors (Lipinski definition) is 3. The summed E-state index contributed by atoms with van der Waals surface area (Å²) in [6.07, 6.45) is 2.18. The third kappa shape index (κ3) is 3.96. The summed E-state index contributed by atoms with van der Waals surface area (Å²) in [6, 6.07) is 6.57. The number of nitrogens with one attached hydrogen (secondary N) is 1. The van der Waals surface area contributed by atoms with Crippen LogP contribution in [0.1, 0.15) is 18.4 Å². The molecule has 4 nitrogen and oxygen atoms in total. The number of carbonyl (C=O) groups excluding carboxylic acids is 2. The van der Waals surface area contributed by atoms with E-state index in [1.54, 1.807) is 12.1 Å². The van der Waals surface area contributed by atoms with Crippen molar-refractivity contribution < 1.29 is 14.3 Å². The van der Waals surface area contributed by atoms with Crippen molar-refractivity contribution in [3.8, 4) is 0 Å². The van der Waals surface area contributed by atoms with Crippen LogP contribution in [0.15, 0.2) is 24.3 Å². The minimum absolute atomic E-state index is 0.0616. The van der Waals surface area contributed by atoms with Crippen molar-refractivity contribution >= 4 is 23.5 Å². The molecule has 0 radical (unpaired) electrons. The third-order valence-electron chi connectivity index (χ3n) is 3.08. The molecule has 1 saturated carbocycles. The Morgan fingerprint density at radius 2 is 2.21 bits per heavy atom. The van der Waals surface area contributed by atoms with Gasteiger partial charge in [-0.15, -0.1) is 0 Å². The number of ether oxygens (including phenoxy) is 1. The van der Waals surface area contributed by atoms with Crippen molar-refractivity contribution in [2.45, 2.75) is 25.3 Å². The van der Waals surface area contributed by atoms with Crippen LogP contribution in [0.2, 0.25) is 5.02 Å². The molecule has 0 unspecified atom stereocenters. The fourth-order valence-corrected chi connectivity index (χ4v) is 2.08. The van der Waals surface area contributed by atoms with Gasteiger partial charge in [-0.2, -0.15) is 0 Å². The van der Waals surface area contributed by atoms with Gasteiger partial charge in [-0.05, 0) is 30.5 Å². The van der Waals surface area contributed by atoms with Gasteiger partial charge in [0.2, 0.25) is 5.91 Å². The highest BCUT2D eigenvalue weighted by molar-refractivity contribution is 6.30. The maximum Gasteiger partial charge on any atom is 0.328 e. The van der Waals surface area contributed by atoms with Gasteiger partial charge in [0.15, 0.2) is 0 Å². The molecule has 1 aromatic rings. The number of halogens is 1. The zero-order valence-corrected chi connectivity index (χ0v) is 11.4. The summed E-state index contributed by atoms with van der Waals surface area (Å²) in [5.41, 5.74) is 0.888. The van der Waals surface area contributed by atoms with Gasteiger partial charge in [0, 0.05) is 17.4 Å². The van der Waals surface area contributed by atoms with Crippen molar-refractivity contribution in [2.24, 2.45) is 5.92 Å². The summed E-state index contributed by atoms with van der Waals surface area (Å²) in [5, 5.41) is 3.35. The Bertz CT molecular complexity index is 485. The van der Waals surface area contributed by atoms with Gasteiger partial charge in [0.25, 0.3) is 0 Å². The average Bonchev–Trinajstić information content (AvgIpc) is 3.21. The lowest BCUT2D eigenvalue weighted by Crippen LogP contribution is -2.43. The number of methoxy groups -OCH3 is 1. The van der Waals surface area contributed by atoms with E-state index >= 15 is 0 Å². The molecule has 1 aliphatic carbocycles. The topological polar surface area (TPSA) is 55.4 Å². The van der Waals surface area contributed by atoms with Crippen LogP contribution in [0, 0.1) is 5.92 Å². The first-order valence-electron chi connectivity index (χ1n) is 6.23. The molecule has 1 atom stereocenters. The van der Waals surface area contributed by atoms with Gasteiger partial charge in [0.1, 0.15) is 6.04 Å². The predicted octanol–water partition coefficient (Wildman–Crippen LogP) is 1.95. The van der Waals surface area contributed by atoms with Crippen LogP contribution in [-0.2, 0) is 20.7 Å². The van der Waals surface area contributed by atoms with Gasteiger partial charge in [-0.3, -0.25) is 4.79 Å². The average molecular weight is 282 g/mol. The second kappa shape index (κ2) is 6.06. The maximum absolute atomic E-state index is 11.7. The standard InChI is InChI=1S/C14H16ClNO3/c1-19-14(18)12(16-13(17)10-5-6-10)8-9-3-2-4-11(15)7-9/h2-4,7,10,12H,5-6,8H2,1H3,(H,16,17)/t12-/m0/s1. The van der Waals surface area contributed by atoms with E-state index in [1.807, 2.05) is 12.1 Å². The molecule has 5 heteroatoms. The van der Waals surface area contributed by atoms with Crippen LogP contribution in [0.4, 0.5) is 0 Å². The molecule has 0 bridgehead atoms. The summed E-state index contributed by atoms with van der Waals surface area (Å²) in [7, 11) is 1.32. The minimum Gasteiger partial charge on any atom is -0.467 e. The molecule has 0 saturated heterocycles. The molecular weight excluding hydrogens is 266 g/mol. The lowest BCUT2D eigenvalue weighted by molar-refractivity contribution is -0.145. The minimum atomic E-state index is -0.656. The Kier molecular flexibility index (Phi) is 4.43. The van der Waals surface area contributed by atoms with Crippen LogP contribution in [0.5, 0.6) is 0 Å². The molecule has 0 aliphatic heterocycles. The molecular formula is C14H16ClNO3. The van der Waals surface area contributed by atoms with E-state index in [-0.39, 0.29) is 11.8 Å². The first-order valence-corrected chi connectivity index (χ1v) is 6.60. The summed E-state index contributed by atoms with van der Waals surface area (Å²) in [5.74, 6) is -0.446. The second-order valence-electron chi connectivity index (χ2n) is 4.69. The third-order valence-corrected chi connectivity index (χ3v) is 3.31. The van der Waals surface area contributed by atoms with Crippen molar-refractivity contribution in [1.29, 1.82) is 0 Å². The molecule has 0 aromatic heterocycles. The van der Waals surface area contributed by atoms with Crippen molar-refractivity contribution in [3.63, 3.8) is 0 Å². The summed E-state index contributed by atoms with van der Waals surface area (Å²) >= 11 is 5.90. The highest BCUT2D eigenvalue weighted by Crippen LogP contribution is 2.29. The fraction of sp³-hybridized carbons (Fsp3) is 0.429. The molecule has 1 amide bonds. The van der Waals surface area contributed by atoms with Crippen LogP contribution in [0.25, 0.3) is 0 Å². The molecule has 0 heterocycles. The molecule has 2 rings (SSSR count). The summed E-state index contributed by atoms with van der Waals surface area (Å²) < 4.78 is 4.73. The van der Waals surface area contributed by atoms with Crippen molar-refractivity contribution in [1.82, 2.24) is 5.32 Å². The quantitative estimate of drug-likeness (QED) is 0.840. The SMILES string of the molecule is COC(=O)[C@H](Cc1cccc(Cl)c1)NC(=O)C1CC1. The van der Waals surface area contributed by atoms with Gasteiger partial charge in [0.05, 0.1) is 7.11 Å². The first kappa shape index (κ1) is 13.9. The van der Waals surface area contributed by atoms with E-state index < -0.39 is 12.0 Å². The van der Waals surface area contributed by atoms with Crippen LogP contribution in [-0.4, -0.2) is 25.0 Å². The number of carbonyl (C=O) groups is 2. The molecule has 102 valence electrons. The van der Waals surface area contributed by atoms with E-state index in [1.165, 1.54) is 7.11 Å². The molecule has 19 heavy (non-hydrogen) atoms. The largest absolute Gasteiger partial charge is 0.467 e. The van der Waals surface area contributed by atoms with Crippen LogP contribution < -0.4 is 5.32 Å². The number of esters is 1. The summed E-state index contributed by atoms with van der Waals surface area (Å²) in [4.78, 5) is 23.5. The lowest BCUT2D eigenvalue weighted by atomic mass is 10.1. The van der Waals surface area contributed by atoms with Gasteiger partial charge < -0.3 is 10.1 Å². The van der Waals surface area contributed by atoms with Gasteiger partial charge >= 0.3 is 5.97 Å². The van der Waals surface area contributed by atoms with E-state index in [2.05, 4.69) is 5.32 Å². The van der Waals surface area contributed by atoms with Crippen LogP contribution >= 0.6 is 11.6 Å². The number of benzene rings is 1. The van der Waals surface area contributed by atoms with E-state index in [9.17, 15) is 9.59 Å². The molecule has 1 fully saturated rings. The van der Waals surface area contributed by atoms with Gasteiger partial charge in [-0.1, -0.05) is 23.7 Å². The monoisotopic (exact) mass is 281 g/mol. The number of hydrogen-bond donors (Lipinski definition) is 1. The lowest BCUT2D eigenvalue weighted by Gasteiger charge is -2.16. The highest BCUT2D eigenvalue weighted by Gasteiger charge is 2.32. The normalized spacial score (nSPS) is 15.7. The molecule has 1 aliphatic rings. The number of amides is 1. The highest BCUT2D eigenvalue weighted by atomic mass is 35.5. The molecule has 1 N–H and O–H groups in total. The van der Waals surface area contributed by atoms with E-state index in [4.69, 9.17) is 16.3 Å². The number of rotatable bonds is 5. The Morgan fingerprint density at radius 3 is 2.79 bits per heavy atom. The summed E-state index contributed by atoms with van der Waals surface area (Å²) in [6.45, 7) is 0. The van der Waals surface area contributed by atoms with Crippen molar-refractivity contribution in [3.05, 3.63) is 34.9 Å².